The molecule has 0 radical (unpaired) electrons. The maximum atomic E-state index is 13.2. The zero-order valence-corrected chi connectivity index (χ0v) is 21.9. The van der Waals surface area contributed by atoms with Gasteiger partial charge in [-0.05, 0) is 49.2 Å². The Morgan fingerprint density at radius 2 is 1.68 bits per heavy atom. The van der Waals surface area contributed by atoms with Crippen LogP contribution >= 0.6 is 23.2 Å². The van der Waals surface area contributed by atoms with Crippen molar-refractivity contribution in [3.63, 3.8) is 0 Å². The van der Waals surface area contributed by atoms with Crippen molar-refractivity contribution in [2.75, 3.05) is 17.8 Å². The van der Waals surface area contributed by atoms with Crippen LogP contribution in [0.5, 0.6) is 0 Å². The number of aromatic nitrogens is 1. The summed E-state index contributed by atoms with van der Waals surface area (Å²) in [5.74, 6) is -0.293. The van der Waals surface area contributed by atoms with E-state index in [1.807, 2.05) is 6.07 Å². The van der Waals surface area contributed by atoms with E-state index in [2.05, 4.69) is 9.71 Å². The number of hydrogen-bond donors (Lipinski definition) is 2. The van der Waals surface area contributed by atoms with E-state index >= 15 is 0 Å². The number of hydrogen-bond acceptors (Lipinski definition) is 5. The molecule has 190 valence electrons. The minimum atomic E-state index is -3.96. The van der Waals surface area contributed by atoms with Gasteiger partial charge in [0.15, 0.2) is 0 Å². The number of nitrogens with one attached hydrogen (secondary N) is 1. The van der Waals surface area contributed by atoms with Gasteiger partial charge in [0, 0.05) is 35.3 Å². The third-order valence-corrected chi connectivity index (χ3v) is 8.65. The van der Waals surface area contributed by atoms with Gasteiger partial charge < -0.3 is 10.0 Å². The minimum Gasteiger partial charge on any atom is -0.385 e. The largest absolute Gasteiger partial charge is 0.385 e. The second-order valence-corrected chi connectivity index (χ2v) is 11.4. The van der Waals surface area contributed by atoms with Crippen LogP contribution < -0.4 is 4.72 Å². The van der Waals surface area contributed by atoms with Gasteiger partial charge in [-0.15, -0.1) is 0 Å². The van der Waals surface area contributed by atoms with Gasteiger partial charge in [0.2, 0.25) is 0 Å². The summed E-state index contributed by atoms with van der Waals surface area (Å²) < 4.78 is 28.7. The number of nitrogens with zero attached hydrogens (tertiary/aromatic N) is 2. The number of fused-ring (bicyclic) bond motifs is 1. The van der Waals surface area contributed by atoms with Crippen molar-refractivity contribution in [2.24, 2.45) is 0 Å². The molecule has 2 N–H and O–H groups in total. The predicted octanol–water partition coefficient (Wildman–Crippen LogP) is 5.47. The van der Waals surface area contributed by atoms with E-state index in [4.69, 9.17) is 23.2 Å². The van der Waals surface area contributed by atoms with Crippen LogP contribution in [0.2, 0.25) is 10.0 Å². The van der Waals surface area contributed by atoms with Gasteiger partial charge in [-0.3, -0.25) is 14.5 Å². The van der Waals surface area contributed by atoms with Gasteiger partial charge in [-0.25, -0.2) is 8.42 Å². The SMILES string of the molecule is O=C(c1ccc(NS(=O)(=O)c2cccc3cccnc23)cc1Cl)N1CCC(O)(c2ccccc2Cl)CC1. The number of halogens is 2. The lowest BCUT2D eigenvalue weighted by Crippen LogP contribution is -2.45. The summed E-state index contributed by atoms with van der Waals surface area (Å²) in [5, 5.41) is 12.4. The summed E-state index contributed by atoms with van der Waals surface area (Å²) in [5.41, 5.74) is 0.371. The molecule has 3 aromatic carbocycles. The van der Waals surface area contributed by atoms with Crippen LogP contribution in [0.3, 0.4) is 0 Å². The topological polar surface area (TPSA) is 99.6 Å². The van der Waals surface area contributed by atoms with E-state index in [9.17, 15) is 18.3 Å². The van der Waals surface area contributed by atoms with E-state index in [-0.39, 0.29) is 27.1 Å². The van der Waals surface area contributed by atoms with Crippen LogP contribution in [0.25, 0.3) is 10.9 Å². The molecule has 0 unspecified atom stereocenters. The third-order valence-electron chi connectivity index (χ3n) is 6.59. The number of anilines is 1. The normalized spacial score (nSPS) is 15.5. The molecule has 7 nitrogen and oxygen atoms in total. The second kappa shape index (κ2) is 9.95. The number of benzene rings is 3. The number of piperidine rings is 1. The van der Waals surface area contributed by atoms with Gasteiger partial charge in [0.05, 0.1) is 27.4 Å². The number of aliphatic hydroxyl groups is 1. The average molecular weight is 556 g/mol. The molecule has 0 spiro atoms. The lowest BCUT2D eigenvalue weighted by atomic mass is 9.84. The summed E-state index contributed by atoms with van der Waals surface area (Å²) in [7, 11) is -3.96. The van der Waals surface area contributed by atoms with E-state index < -0.39 is 15.6 Å². The van der Waals surface area contributed by atoms with Crippen LogP contribution in [0.15, 0.2) is 83.9 Å². The van der Waals surface area contributed by atoms with Gasteiger partial charge in [-0.1, -0.05) is 59.6 Å². The Morgan fingerprint density at radius 3 is 2.41 bits per heavy atom. The summed E-state index contributed by atoms with van der Waals surface area (Å²) >= 11 is 12.7. The van der Waals surface area contributed by atoms with Crippen molar-refractivity contribution < 1.29 is 18.3 Å². The molecule has 0 aliphatic carbocycles. The maximum Gasteiger partial charge on any atom is 0.264 e. The molecule has 37 heavy (non-hydrogen) atoms. The predicted molar refractivity (Wildman–Crippen MR) is 144 cm³/mol. The van der Waals surface area contributed by atoms with E-state index in [1.54, 1.807) is 47.4 Å². The number of amides is 1. The molecule has 0 bridgehead atoms. The van der Waals surface area contributed by atoms with Crippen molar-refractivity contribution >= 4 is 55.7 Å². The van der Waals surface area contributed by atoms with E-state index in [0.29, 0.717) is 47.4 Å². The molecule has 1 aromatic heterocycles. The Labute approximate surface area is 224 Å². The number of sulfonamides is 1. The average Bonchev–Trinajstić information content (AvgIpc) is 2.88. The fraction of sp³-hybridized carbons (Fsp3) is 0.185. The number of rotatable bonds is 5. The zero-order chi connectivity index (χ0) is 26.2. The fourth-order valence-electron chi connectivity index (χ4n) is 4.61. The highest BCUT2D eigenvalue weighted by atomic mass is 35.5. The Morgan fingerprint density at radius 1 is 0.946 bits per heavy atom. The number of para-hydroxylation sites is 1. The summed E-state index contributed by atoms with van der Waals surface area (Å²) in [4.78, 5) is 19.1. The van der Waals surface area contributed by atoms with Crippen LogP contribution in [-0.2, 0) is 15.6 Å². The molecule has 1 fully saturated rings. The van der Waals surface area contributed by atoms with E-state index in [1.165, 1.54) is 30.5 Å². The molecule has 1 saturated heterocycles. The van der Waals surface area contributed by atoms with Crippen LogP contribution in [-0.4, -0.2) is 42.4 Å². The quantitative estimate of drug-likeness (QED) is 0.340. The molecule has 5 rings (SSSR count). The van der Waals surface area contributed by atoms with Crippen LogP contribution in [0.1, 0.15) is 28.8 Å². The summed E-state index contributed by atoms with van der Waals surface area (Å²) in [6.45, 7) is 0.638. The fourth-order valence-corrected chi connectivity index (χ4v) is 6.42. The lowest BCUT2D eigenvalue weighted by Gasteiger charge is -2.39. The molecule has 1 aliphatic heterocycles. The van der Waals surface area contributed by atoms with Gasteiger partial charge in [-0.2, -0.15) is 0 Å². The molecule has 0 saturated carbocycles. The maximum absolute atomic E-state index is 13.2. The highest BCUT2D eigenvalue weighted by Crippen LogP contribution is 2.37. The number of pyridine rings is 1. The Kier molecular flexibility index (Phi) is 6.85. The first kappa shape index (κ1) is 25.5. The first-order valence-corrected chi connectivity index (χ1v) is 13.8. The van der Waals surface area contributed by atoms with Crippen LogP contribution in [0.4, 0.5) is 5.69 Å². The first-order chi connectivity index (χ1) is 17.7. The molecule has 0 atom stereocenters. The first-order valence-electron chi connectivity index (χ1n) is 11.6. The van der Waals surface area contributed by atoms with Crippen molar-refractivity contribution in [2.45, 2.75) is 23.3 Å². The van der Waals surface area contributed by atoms with Crippen LogP contribution in [0, 0.1) is 0 Å². The smallest absolute Gasteiger partial charge is 0.264 e. The molecule has 1 amide bonds. The molecule has 2 heterocycles. The van der Waals surface area contributed by atoms with Crippen molar-refractivity contribution in [1.82, 2.24) is 9.88 Å². The van der Waals surface area contributed by atoms with Gasteiger partial charge in [0.1, 0.15) is 4.90 Å². The number of carbonyl (C=O) groups excluding carboxylic acids is 1. The van der Waals surface area contributed by atoms with Crippen molar-refractivity contribution in [3.05, 3.63) is 100 Å². The molecule has 1 aliphatic rings. The number of carbonyl (C=O) groups is 1. The molecular formula is C27H23Cl2N3O4S. The zero-order valence-electron chi connectivity index (χ0n) is 19.6. The molecule has 4 aromatic rings. The minimum absolute atomic E-state index is 0.0428. The monoisotopic (exact) mass is 555 g/mol. The summed E-state index contributed by atoms with van der Waals surface area (Å²) in [6, 6.07) is 20.0. The van der Waals surface area contributed by atoms with Crippen molar-refractivity contribution in [1.29, 1.82) is 0 Å². The van der Waals surface area contributed by atoms with E-state index in [0.717, 1.165) is 0 Å². The third kappa shape index (κ3) is 5.02. The highest BCUT2D eigenvalue weighted by molar-refractivity contribution is 7.93. The molecular weight excluding hydrogens is 533 g/mol. The lowest BCUT2D eigenvalue weighted by molar-refractivity contribution is -0.0210. The van der Waals surface area contributed by atoms with Crippen molar-refractivity contribution in [3.8, 4) is 0 Å². The standard InChI is InChI=1S/C27H23Cl2N3O4S/c28-22-8-2-1-7-21(22)27(34)12-15-32(16-13-27)26(33)20-11-10-19(17-23(20)29)31-37(35,36)24-9-3-5-18-6-4-14-30-25(18)24/h1-11,14,17,31,34H,12-13,15-16H2. The summed E-state index contributed by atoms with van der Waals surface area (Å²) in [6.07, 6.45) is 2.20. The second-order valence-electron chi connectivity index (χ2n) is 8.94. The Bertz CT molecular complexity index is 1600. The highest BCUT2D eigenvalue weighted by Gasteiger charge is 2.37. The van der Waals surface area contributed by atoms with Gasteiger partial charge in [0.25, 0.3) is 15.9 Å². The molecule has 10 heteroatoms. The van der Waals surface area contributed by atoms with Gasteiger partial charge >= 0.3 is 0 Å². The Balaban J connectivity index is 1.31. The Hall–Kier alpha value is -3.17. The number of likely N-dealkylation sites (tertiary alicyclic amines) is 1.